The van der Waals surface area contributed by atoms with Crippen molar-refractivity contribution in [2.24, 2.45) is 4.99 Å². The number of aliphatic imine (C=N–C) groups is 1. The van der Waals surface area contributed by atoms with E-state index in [4.69, 9.17) is 4.74 Å². The summed E-state index contributed by atoms with van der Waals surface area (Å²) in [6.45, 7) is 4.77. The first-order valence-corrected chi connectivity index (χ1v) is 10.1. The third-order valence-corrected chi connectivity index (χ3v) is 5.04. The number of carbonyl (C=O) groups excluding carboxylic acids is 2. The molecule has 5 nitrogen and oxygen atoms in total. The highest BCUT2D eigenvalue weighted by Gasteiger charge is 2.32. The van der Waals surface area contributed by atoms with Crippen molar-refractivity contribution in [3.05, 3.63) is 70.6 Å². The van der Waals surface area contributed by atoms with E-state index in [2.05, 4.69) is 4.99 Å². The molecule has 144 valence electrons. The van der Waals surface area contributed by atoms with E-state index in [1.807, 2.05) is 55.5 Å². The van der Waals surface area contributed by atoms with Gasteiger partial charge >= 0.3 is 5.97 Å². The number of thioether (sulfide) groups is 1. The maximum Gasteiger partial charge on any atom is 0.338 e. The van der Waals surface area contributed by atoms with E-state index in [1.165, 1.54) is 11.8 Å². The molecule has 0 aliphatic carbocycles. The number of carbonyl (C=O) groups is 2. The highest BCUT2D eigenvalue weighted by molar-refractivity contribution is 8.18. The maximum atomic E-state index is 12.8. The summed E-state index contributed by atoms with van der Waals surface area (Å²) < 4.78 is 4.99. The van der Waals surface area contributed by atoms with Gasteiger partial charge in [-0.15, -0.1) is 0 Å². The molecule has 0 spiro atoms. The number of hydrogen-bond acceptors (Lipinski definition) is 5. The lowest BCUT2D eigenvalue weighted by Crippen LogP contribution is -2.29. The third-order valence-electron chi connectivity index (χ3n) is 4.04. The van der Waals surface area contributed by atoms with E-state index in [0.29, 0.717) is 28.8 Å². The number of ether oxygens (including phenoxy) is 1. The van der Waals surface area contributed by atoms with Gasteiger partial charge in [0.15, 0.2) is 5.17 Å². The minimum Gasteiger partial charge on any atom is -0.462 e. The normalized spacial score (nSPS) is 16.8. The number of hydrogen-bond donors (Lipinski definition) is 0. The highest BCUT2D eigenvalue weighted by atomic mass is 32.2. The first-order chi connectivity index (χ1) is 13.6. The van der Waals surface area contributed by atoms with Crippen LogP contribution in [0, 0.1) is 0 Å². The van der Waals surface area contributed by atoms with Gasteiger partial charge in [-0.05, 0) is 61.0 Å². The van der Waals surface area contributed by atoms with Gasteiger partial charge in [0.25, 0.3) is 5.91 Å². The van der Waals surface area contributed by atoms with E-state index in [1.54, 1.807) is 24.0 Å². The second-order valence-electron chi connectivity index (χ2n) is 6.14. The molecule has 3 rings (SSSR count). The first kappa shape index (κ1) is 19.9. The van der Waals surface area contributed by atoms with Crippen LogP contribution in [-0.4, -0.2) is 35.1 Å². The van der Waals surface area contributed by atoms with Gasteiger partial charge in [-0.25, -0.2) is 9.79 Å². The molecule has 0 radical (unpaired) electrons. The molecular formula is C22H22N2O3S. The summed E-state index contributed by atoms with van der Waals surface area (Å²) in [5.41, 5.74) is 2.16. The van der Waals surface area contributed by atoms with Crippen LogP contribution in [0.15, 0.2) is 64.5 Å². The number of rotatable bonds is 6. The van der Waals surface area contributed by atoms with Crippen molar-refractivity contribution < 1.29 is 14.3 Å². The second kappa shape index (κ2) is 9.37. The van der Waals surface area contributed by atoms with Crippen molar-refractivity contribution >= 4 is 40.6 Å². The molecule has 1 amide bonds. The lowest BCUT2D eigenvalue weighted by molar-refractivity contribution is -0.122. The molecule has 0 bridgehead atoms. The van der Waals surface area contributed by atoms with E-state index in [-0.39, 0.29) is 11.9 Å². The molecule has 1 saturated heterocycles. The Labute approximate surface area is 169 Å². The molecule has 0 atom stereocenters. The van der Waals surface area contributed by atoms with Crippen LogP contribution in [0.4, 0.5) is 5.69 Å². The lowest BCUT2D eigenvalue weighted by atomic mass is 10.1. The smallest absolute Gasteiger partial charge is 0.338 e. The number of amides is 1. The average Bonchev–Trinajstić information content (AvgIpc) is 2.99. The minimum atomic E-state index is -0.348. The van der Waals surface area contributed by atoms with Crippen molar-refractivity contribution in [3.63, 3.8) is 0 Å². The Kier molecular flexibility index (Phi) is 6.66. The fraction of sp³-hybridized carbons (Fsp3) is 0.227. The largest absolute Gasteiger partial charge is 0.462 e. The molecule has 0 aromatic heterocycles. The number of para-hydroxylation sites is 1. The quantitative estimate of drug-likeness (QED) is 0.518. The SMILES string of the molecule is CCCN1C(=O)/C(=C\c2ccc(C(=O)OCC)cc2)SC1=Nc1ccccc1. The molecule has 0 N–H and O–H groups in total. The Balaban J connectivity index is 1.84. The number of amidine groups is 1. The monoisotopic (exact) mass is 394 g/mol. The predicted molar refractivity (Wildman–Crippen MR) is 114 cm³/mol. The van der Waals surface area contributed by atoms with Gasteiger partial charge in [0, 0.05) is 6.54 Å². The van der Waals surface area contributed by atoms with Crippen molar-refractivity contribution in [3.8, 4) is 0 Å². The highest BCUT2D eigenvalue weighted by Crippen LogP contribution is 2.34. The summed E-state index contributed by atoms with van der Waals surface area (Å²) >= 11 is 1.37. The molecule has 2 aromatic carbocycles. The molecule has 1 aliphatic rings. The van der Waals surface area contributed by atoms with Crippen LogP contribution in [0.3, 0.4) is 0 Å². The summed E-state index contributed by atoms with van der Waals surface area (Å²) in [6.07, 6.45) is 2.68. The van der Waals surface area contributed by atoms with Crippen LogP contribution in [0.25, 0.3) is 6.08 Å². The lowest BCUT2D eigenvalue weighted by Gasteiger charge is -2.13. The van der Waals surface area contributed by atoms with Gasteiger partial charge in [0.1, 0.15) is 0 Å². The summed E-state index contributed by atoms with van der Waals surface area (Å²) in [7, 11) is 0. The molecule has 28 heavy (non-hydrogen) atoms. The fourth-order valence-corrected chi connectivity index (χ4v) is 3.73. The van der Waals surface area contributed by atoms with E-state index in [0.717, 1.165) is 17.7 Å². The van der Waals surface area contributed by atoms with Crippen molar-refractivity contribution in [2.75, 3.05) is 13.2 Å². The van der Waals surface area contributed by atoms with Gasteiger partial charge in [0.05, 0.1) is 22.8 Å². The Hall–Kier alpha value is -2.86. The summed E-state index contributed by atoms with van der Waals surface area (Å²) in [5, 5.41) is 0.687. The zero-order chi connectivity index (χ0) is 19.9. The summed E-state index contributed by atoms with van der Waals surface area (Å²) in [6, 6.07) is 16.6. The van der Waals surface area contributed by atoms with Gasteiger partial charge in [-0.3, -0.25) is 9.69 Å². The van der Waals surface area contributed by atoms with E-state index < -0.39 is 0 Å². The van der Waals surface area contributed by atoms with Crippen LogP contribution in [-0.2, 0) is 9.53 Å². The predicted octanol–water partition coefficient (Wildman–Crippen LogP) is 4.88. The zero-order valence-electron chi connectivity index (χ0n) is 15.9. The van der Waals surface area contributed by atoms with Gasteiger partial charge < -0.3 is 4.74 Å². The van der Waals surface area contributed by atoms with Crippen LogP contribution < -0.4 is 0 Å². The van der Waals surface area contributed by atoms with E-state index in [9.17, 15) is 9.59 Å². The molecule has 0 unspecified atom stereocenters. The Morgan fingerprint density at radius 2 is 1.82 bits per heavy atom. The first-order valence-electron chi connectivity index (χ1n) is 9.24. The van der Waals surface area contributed by atoms with E-state index >= 15 is 0 Å². The van der Waals surface area contributed by atoms with Crippen molar-refractivity contribution in [1.82, 2.24) is 4.90 Å². The average molecular weight is 394 g/mol. The Morgan fingerprint density at radius 1 is 1.11 bits per heavy atom. The van der Waals surface area contributed by atoms with Crippen LogP contribution in [0.5, 0.6) is 0 Å². The molecule has 6 heteroatoms. The minimum absolute atomic E-state index is 0.0454. The number of benzene rings is 2. The molecule has 1 heterocycles. The van der Waals surface area contributed by atoms with Crippen LogP contribution >= 0.6 is 11.8 Å². The summed E-state index contributed by atoms with van der Waals surface area (Å²) in [5.74, 6) is -0.393. The summed E-state index contributed by atoms with van der Waals surface area (Å²) in [4.78, 5) is 31.6. The van der Waals surface area contributed by atoms with Crippen LogP contribution in [0.2, 0.25) is 0 Å². The molecule has 1 fully saturated rings. The van der Waals surface area contributed by atoms with Crippen LogP contribution in [0.1, 0.15) is 36.2 Å². The number of nitrogens with zero attached hydrogens (tertiary/aromatic N) is 2. The second-order valence-corrected chi connectivity index (χ2v) is 7.15. The van der Waals surface area contributed by atoms with Gasteiger partial charge in [-0.1, -0.05) is 37.3 Å². The van der Waals surface area contributed by atoms with Crippen molar-refractivity contribution in [1.29, 1.82) is 0 Å². The standard InChI is InChI=1S/C22H22N2O3S/c1-3-14-24-20(25)19(28-22(24)23-18-8-6-5-7-9-18)15-16-10-12-17(13-11-16)21(26)27-4-2/h5-13,15H,3-4,14H2,1-2H3/b19-15+,23-22?. The molecule has 0 saturated carbocycles. The molecular weight excluding hydrogens is 372 g/mol. The topological polar surface area (TPSA) is 59.0 Å². The Bertz CT molecular complexity index is 905. The van der Waals surface area contributed by atoms with Gasteiger partial charge in [-0.2, -0.15) is 0 Å². The van der Waals surface area contributed by atoms with Crippen molar-refractivity contribution in [2.45, 2.75) is 20.3 Å². The fourth-order valence-electron chi connectivity index (χ4n) is 2.71. The zero-order valence-corrected chi connectivity index (χ0v) is 16.7. The third kappa shape index (κ3) is 4.70. The van der Waals surface area contributed by atoms with Gasteiger partial charge in [0.2, 0.25) is 0 Å². The molecule has 2 aromatic rings. The number of esters is 1. The molecule has 1 aliphatic heterocycles. The Morgan fingerprint density at radius 3 is 2.46 bits per heavy atom. The maximum absolute atomic E-state index is 12.8.